The molecule has 0 amide bonds. The number of aliphatic imine (C=N–C) groups is 1. The molecule has 1 saturated carbocycles. The van der Waals surface area contributed by atoms with Crippen LogP contribution < -0.4 is 11.1 Å². The Morgan fingerprint density at radius 3 is 2.78 bits per heavy atom. The molecule has 3 aromatic heterocycles. The first kappa shape index (κ1) is 22.0. The number of fused-ring (bicyclic) bond motifs is 2. The smallest absolute Gasteiger partial charge is 0.138 e. The minimum Gasteiger partial charge on any atom is -0.339 e. The van der Waals surface area contributed by atoms with Crippen molar-refractivity contribution >= 4 is 34.2 Å². The molecule has 1 aromatic carbocycles. The molecule has 0 bridgehead atoms. The third kappa shape index (κ3) is 3.79. The summed E-state index contributed by atoms with van der Waals surface area (Å²) in [6, 6.07) is 12.2. The number of nitrogens with one attached hydrogen (secondary N) is 2. The molecule has 7 nitrogen and oxygen atoms in total. The van der Waals surface area contributed by atoms with Gasteiger partial charge in [0.15, 0.2) is 0 Å². The second-order valence-electron chi connectivity index (χ2n) is 10.1. The van der Waals surface area contributed by atoms with Crippen molar-refractivity contribution in [3.8, 4) is 11.3 Å². The quantitative estimate of drug-likeness (QED) is 0.348. The van der Waals surface area contributed by atoms with Crippen LogP contribution >= 0.6 is 11.6 Å². The van der Waals surface area contributed by atoms with Gasteiger partial charge in [0.1, 0.15) is 17.6 Å². The van der Waals surface area contributed by atoms with Gasteiger partial charge in [-0.15, -0.1) is 0 Å². The van der Waals surface area contributed by atoms with Gasteiger partial charge in [0.05, 0.1) is 11.9 Å². The van der Waals surface area contributed by atoms with Crippen LogP contribution in [0.2, 0.25) is 5.02 Å². The first-order valence-corrected chi connectivity index (χ1v) is 13.1. The van der Waals surface area contributed by atoms with Crippen LogP contribution in [0.15, 0.2) is 60.0 Å². The summed E-state index contributed by atoms with van der Waals surface area (Å²) in [5.41, 5.74) is 13.7. The van der Waals surface area contributed by atoms with Crippen molar-refractivity contribution < 1.29 is 0 Å². The standard InChI is InChI=1S/C28H28ClN7/c29-22-6-2-1-5-19(22)23-12-20-18(9-10-32-26(20)33-23)27-34-24-14-31-13-21(16-7-8-16)25(24)28(35-27)36-11-3-4-17(30)15-36/h1-2,5-6,9-10,12-14,16-17,28H,3-4,7-8,11,15,30H2,(H,32,33)(H,34,35)/t17-,28?/m0/s1. The van der Waals surface area contributed by atoms with E-state index in [4.69, 9.17) is 22.3 Å². The number of halogens is 1. The number of hydrogen-bond donors (Lipinski definition) is 3. The highest BCUT2D eigenvalue weighted by Crippen LogP contribution is 2.47. The zero-order chi connectivity index (χ0) is 24.2. The monoisotopic (exact) mass is 497 g/mol. The summed E-state index contributed by atoms with van der Waals surface area (Å²) in [6.07, 6.45) is 10.3. The molecule has 1 unspecified atom stereocenters. The topological polar surface area (TPSA) is 95.2 Å². The summed E-state index contributed by atoms with van der Waals surface area (Å²) in [5, 5.41) is 5.34. The molecule has 7 rings (SSSR count). The van der Waals surface area contributed by atoms with Gasteiger partial charge in [0.2, 0.25) is 0 Å². The van der Waals surface area contributed by atoms with E-state index in [2.05, 4.69) is 31.2 Å². The fraction of sp³-hybridized carbons (Fsp3) is 0.321. The second-order valence-corrected chi connectivity index (χ2v) is 10.5. The predicted molar refractivity (Wildman–Crippen MR) is 144 cm³/mol. The number of amidine groups is 1. The number of likely N-dealkylation sites (tertiary alicyclic amines) is 1. The Morgan fingerprint density at radius 2 is 1.94 bits per heavy atom. The molecule has 5 heterocycles. The van der Waals surface area contributed by atoms with E-state index >= 15 is 0 Å². The molecule has 2 aliphatic heterocycles. The highest BCUT2D eigenvalue weighted by Gasteiger charge is 2.36. The minimum atomic E-state index is -0.0774. The Labute approximate surface area is 214 Å². The number of piperidine rings is 1. The predicted octanol–water partition coefficient (Wildman–Crippen LogP) is 5.45. The molecule has 8 heteroatoms. The van der Waals surface area contributed by atoms with Crippen molar-refractivity contribution in [1.82, 2.24) is 19.9 Å². The summed E-state index contributed by atoms with van der Waals surface area (Å²) < 4.78 is 0. The maximum atomic E-state index is 6.49. The Kier molecular flexibility index (Phi) is 5.31. The summed E-state index contributed by atoms with van der Waals surface area (Å²) in [7, 11) is 0. The van der Waals surface area contributed by atoms with Gasteiger partial charge in [0.25, 0.3) is 0 Å². The van der Waals surface area contributed by atoms with Crippen molar-refractivity contribution in [1.29, 1.82) is 0 Å². The molecule has 36 heavy (non-hydrogen) atoms. The van der Waals surface area contributed by atoms with Gasteiger partial charge in [-0.25, -0.2) is 9.98 Å². The van der Waals surface area contributed by atoms with Gasteiger partial charge in [-0.1, -0.05) is 29.8 Å². The Bertz CT molecular complexity index is 1490. The molecule has 0 spiro atoms. The van der Waals surface area contributed by atoms with E-state index in [9.17, 15) is 0 Å². The van der Waals surface area contributed by atoms with Crippen LogP contribution in [-0.2, 0) is 0 Å². The molecular weight excluding hydrogens is 470 g/mol. The van der Waals surface area contributed by atoms with Crippen LogP contribution in [-0.4, -0.2) is 44.8 Å². The van der Waals surface area contributed by atoms with Crippen molar-refractivity contribution in [3.05, 3.63) is 76.7 Å². The molecule has 3 aliphatic rings. The number of nitrogens with zero attached hydrogens (tertiary/aromatic N) is 4. The van der Waals surface area contributed by atoms with Crippen LogP contribution in [0.5, 0.6) is 0 Å². The molecule has 4 aromatic rings. The van der Waals surface area contributed by atoms with E-state index in [0.717, 1.165) is 65.3 Å². The van der Waals surface area contributed by atoms with Gasteiger partial charge >= 0.3 is 0 Å². The number of hydrogen-bond acceptors (Lipinski definition) is 6. The fourth-order valence-electron chi connectivity index (χ4n) is 5.66. The lowest BCUT2D eigenvalue weighted by molar-refractivity contribution is 0.153. The van der Waals surface area contributed by atoms with E-state index in [1.54, 1.807) is 0 Å². The highest BCUT2D eigenvalue weighted by atomic mass is 35.5. The second kappa shape index (κ2) is 8.69. The summed E-state index contributed by atoms with van der Waals surface area (Å²) in [5.74, 6) is 1.42. The van der Waals surface area contributed by atoms with Crippen molar-refractivity contribution in [3.63, 3.8) is 0 Å². The zero-order valence-corrected chi connectivity index (χ0v) is 20.7. The zero-order valence-electron chi connectivity index (χ0n) is 19.9. The first-order chi connectivity index (χ1) is 17.7. The number of pyridine rings is 2. The Hall–Kier alpha value is -3.26. The maximum absolute atomic E-state index is 6.49. The van der Waals surface area contributed by atoms with E-state index in [1.807, 2.05) is 48.9 Å². The molecular formula is C28H28ClN7. The average molecular weight is 498 g/mol. The molecule has 0 radical (unpaired) electrons. The van der Waals surface area contributed by atoms with E-state index in [1.165, 1.54) is 24.0 Å². The van der Waals surface area contributed by atoms with Gasteiger partial charge in [0, 0.05) is 64.3 Å². The van der Waals surface area contributed by atoms with Crippen LogP contribution in [0, 0.1) is 0 Å². The lowest BCUT2D eigenvalue weighted by Gasteiger charge is -2.39. The van der Waals surface area contributed by atoms with Crippen molar-refractivity contribution in [2.24, 2.45) is 10.7 Å². The molecule has 1 aliphatic carbocycles. The Balaban J connectivity index is 1.36. The van der Waals surface area contributed by atoms with E-state index in [-0.39, 0.29) is 12.2 Å². The van der Waals surface area contributed by atoms with Crippen molar-refractivity contribution in [2.75, 3.05) is 18.4 Å². The molecule has 2 fully saturated rings. The normalized spacial score (nSPS) is 22.2. The van der Waals surface area contributed by atoms with Crippen LogP contribution in [0.1, 0.15) is 54.5 Å². The van der Waals surface area contributed by atoms with E-state index in [0.29, 0.717) is 10.9 Å². The first-order valence-electron chi connectivity index (χ1n) is 12.7. The summed E-state index contributed by atoms with van der Waals surface area (Å²) in [6.45, 7) is 1.84. The average Bonchev–Trinajstić information content (AvgIpc) is 3.65. The molecule has 2 atom stereocenters. The minimum absolute atomic E-state index is 0.0774. The largest absolute Gasteiger partial charge is 0.339 e. The number of nitrogens with two attached hydrogens (primary N) is 1. The van der Waals surface area contributed by atoms with Gasteiger partial charge in [-0.05, 0) is 55.4 Å². The number of H-pyrrole nitrogens is 1. The van der Waals surface area contributed by atoms with E-state index < -0.39 is 0 Å². The number of aromatic nitrogens is 3. The fourth-order valence-corrected chi connectivity index (χ4v) is 5.90. The third-order valence-corrected chi connectivity index (χ3v) is 7.91. The number of benzene rings is 1. The third-order valence-electron chi connectivity index (χ3n) is 7.58. The van der Waals surface area contributed by atoms with Crippen LogP contribution in [0.25, 0.3) is 22.3 Å². The van der Waals surface area contributed by atoms with Crippen LogP contribution in [0.4, 0.5) is 5.69 Å². The number of anilines is 1. The number of rotatable bonds is 4. The molecule has 4 N–H and O–H groups in total. The maximum Gasteiger partial charge on any atom is 0.138 e. The van der Waals surface area contributed by atoms with Gasteiger partial charge in [-0.3, -0.25) is 9.88 Å². The summed E-state index contributed by atoms with van der Waals surface area (Å²) >= 11 is 6.49. The summed E-state index contributed by atoms with van der Waals surface area (Å²) in [4.78, 5) is 20.5. The SMILES string of the molecule is N[C@H]1CCCN(C2N=C(c3ccnc4[nH]c(-c5ccccc5Cl)cc34)Nc3cncc(C4CC4)c32)C1. The van der Waals surface area contributed by atoms with Crippen molar-refractivity contribution in [2.45, 2.75) is 43.8 Å². The number of aromatic amines is 1. The van der Waals surface area contributed by atoms with Gasteiger partial charge < -0.3 is 16.0 Å². The van der Waals surface area contributed by atoms with Gasteiger partial charge in [-0.2, -0.15) is 0 Å². The lowest BCUT2D eigenvalue weighted by Crippen LogP contribution is -2.45. The van der Waals surface area contributed by atoms with Crippen LogP contribution in [0.3, 0.4) is 0 Å². The molecule has 1 saturated heterocycles. The highest BCUT2D eigenvalue weighted by molar-refractivity contribution is 6.33. The Morgan fingerprint density at radius 1 is 1.06 bits per heavy atom. The molecule has 182 valence electrons. The lowest BCUT2D eigenvalue weighted by atomic mass is 9.96.